The molecule has 3 aromatic rings. The number of benzene rings is 3. The van der Waals surface area contributed by atoms with Crippen LogP contribution in [0, 0.1) is 5.92 Å². The van der Waals surface area contributed by atoms with Crippen LogP contribution in [0.15, 0.2) is 72.8 Å². The van der Waals surface area contributed by atoms with Gasteiger partial charge in [-0.05, 0) is 53.3 Å². The highest BCUT2D eigenvalue weighted by Crippen LogP contribution is 2.52. The summed E-state index contributed by atoms with van der Waals surface area (Å²) in [6, 6.07) is 22.2. The maximum atomic E-state index is 5.92. The Hall–Kier alpha value is -2.74. The van der Waals surface area contributed by atoms with Crippen molar-refractivity contribution in [1.82, 2.24) is 0 Å². The minimum absolute atomic E-state index is 0.300. The van der Waals surface area contributed by atoms with E-state index in [4.69, 9.17) is 4.74 Å². The number of fused-ring (bicyclic) bond motifs is 4. The number of hydrogen-bond donors (Lipinski definition) is 1. The van der Waals surface area contributed by atoms with Gasteiger partial charge in [0.25, 0.3) is 0 Å². The summed E-state index contributed by atoms with van der Waals surface area (Å²) < 4.78 is 5.92. The molecule has 2 nitrogen and oxygen atoms in total. The summed E-state index contributed by atoms with van der Waals surface area (Å²) in [5, 5.41) is 6.44. The van der Waals surface area contributed by atoms with E-state index in [0.29, 0.717) is 24.5 Å². The van der Waals surface area contributed by atoms with E-state index in [-0.39, 0.29) is 0 Å². The second-order valence-corrected chi connectivity index (χ2v) is 7.24. The molecule has 0 aromatic heterocycles. The molecule has 1 aliphatic carbocycles. The largest absolute Gasteiger partial charge is 0.492 e. The lowest BCUT2D eigenvalue weighted by Gasteiger charge is -2.38. The van der Waals surface area contributed by atoms with Crippen LogP contribution in [0.2, 0.25) is 0 Å². The topological polar surface area (TPSA) is 21.3 Å². The summed E-state index contributed by atoms with van der Waals surface area (Å²) >= 11 is 0. The first-order chi connectivity index (χ1) is 12.8. The van der Waals surface area contributed by atoms with E-state index in [0.717, 1.165) is 12.2 Å². The molecular formula is C24H23NO. The van der Waals surface area contributed by atoms with Crippen molar-refractivity contribution in [2.45, 2.75) is 25.3 Å². The molecule has 2 aliphatic rings. The zero-order valence-electron chi connectivity index (χ0n) is 15.0. The maximum absolute atomic E-state index is 5.92. The molecule has 0 saturated heterocycles. The first-order valence-electron chi connectivity index (χ1n) is 9.53. The second-order valence-electron chi connectivity index (χ2n) is 7.24. The molecule has 5 rings (SSSR count). The molecule has 1 heterocycles. The number of para-hydroxylation sites is 1. The molecule has 1 N–H and O–H groups in total. The number of anilines is 1. The number of rotatable bonds is 3. The fraction of sp³-hybridized carbons (Fsp3) is 0.250. The van der Waals surface area contributed by atoms with Crippen LogP contribution >= 0.6 is 0 Å². The van der Waals surface area contributed by atoms with Crippen molar-refractivity contribution in [2.75, 3.05) is 11.9 Å². The van der Waals surface area contributed by atoms with Crippen molar-refractivity contribution in [3.63, 3.8) is 0 Å². The minimum atomic E-state index is 0.300. The summed E-state index contributed by atoms with van der Waals surface area (Å²) in [5.74, 6) is 1.98. The van der Waals surface area contributed by atoms with Gasteiger partial charge in [0.2, 0.25) is 0 Å². The summed E-state index contributed by atoms with van der Waals surface area (Å²) in [7, 11) is 0. The van der Waals surface area contributed by atoms with Crippen LogP contribution in [-0.4, -0.2) is 6.61 Å². The van der Waals surface area contributed by atoms with Crippen LogP contribution in [0.25, 0.3) is 10.8 Å². The summed E-state index contributed by atoms with van der Waals surface area (Å²) in [6.45, 7) is 2.73. The van der Waals surface area contributed by atoms with Gasteiger partial charge in [0, 0.05) is 5.92 Å². The summed E-state index contributed by atoms with van der Waals surface area (Å²) in [5.41, 5.74) is 3.89. The fourth-order valence-corrected chi connectivity index (χ4v) is 4.60. The van der Waals surface area contributed by atoms with E-state index in [2.05, 4.69) is 78.1 Å². The van der Waals surface area contributed by atoms with Crippen LogP contribution in [0.3, 0.4) is 0 Å². The Morgan fingerprint density at radius 2 is 1.88 bits per heavy atom. The Kier molecular flexibility index (Phi) is 3.70. The molecule has 0 fully saturated rings. The van der Waals surface area contributed by atoms with Gasteiger partial charge in [-0.1, -0.05) is 60.7 Å². The zero-order valence-corrected chi connectivity index (χ0v) is 15.0. The maximum Gasteiger partial charge on any atom is 0.142 e. The highest BCUT2D eigenvalue weighted by molar-refractivity contribution is 5.83. The Balaban J connectivity index is 1.61. The number of nitrogens with one attached hydrogen (secondary N) is 1. The molecule has 0 saturated carbocycles. The minimum Gasteiger partial charge on any atom is -0.492 e. The van der Waals surface area contributed by atoms with Crippen LogP contribution < -0.4 is 10.1 Å². The Morgan fingerprint density at radius 3 is 2.77 bits per heavy atom. The van der Waals surface area contributed by atoms with E-state index in [1.165, 1.54) is 27.6 Å². The standard InChI is InChI=1S/C24H23NO/c1-2-26-22-12-6-11-21-19-9-5-10-20(19)23(25-24(21)22)18-14-13-16-7-3-4-8-17(16)15-18/h3-9,11-15,19-20,23,25H,2,10H2,1H3. The third kappa shape index (κ3) is 2.40. The third-order valence-corrected chi connectivity index (χ3v) is 5.79. The van der Waals surface area contributed by atoms with Crippen molar-refractivity contribution in [1.29, 1.82) is 0 Å². The first-order valence-corrected chi connectivity index (χ1v) is 9.53. The molecule has 26 heavy (non-hydrogen) atoms. The van der Waals surface area contributed by atoms with E-state index >= 15 is 0 Å². The van der Waals surface area contributed by atoms with Gasteiger partial charge >= 0.3 is 0 Å². The molecule has 0 spiro atoms. The molecule has 3 atom stereocenters. The second kappa shape index (κ2) is 6.21. The number of allylic oxidation sites excluding steroid dienone is 2. The highest BCUT2D eigenvalue weighted by Gasteiger charge is 2.38. The van der Waals surface area contributed by atoms with Crippen LogP contribution in [0.4, 0.5) is 5.69 Å². The molecule has 2 heteroatoms. The summed E-state index contributed by atoms with van der Waals surface area (Å²) in [4.78, 5) is 0. The van der Waals surface area contributed by atoms with Gasteiger partial charge in [-0.25, -0.2) is 0 Å². The van der Waals surface area contributed by atoms with Gasteiger partial charge in [0.15, 0.2) is 0 Å². The van der Waals surface area contributed by atoms with Gasteiger partial charge in [-0.15, -0.1) is 0 Å². The number of hydrogen-bond acceptors (Lipinski definition) is 2. The van der Waals surface area contributed by atoms with Crippen LogP contribution in [0.5, 0.6) is 5.75 Å². The zero-order chi connectivity index (χ0) is 17.5. The molecular weight excluding hydrogens is 318 g/mol. The van der Waals surface area contributed by atoms with Crippen LogP contribution in [-0.2, 0) is 0 Å². The van der Waals surface area contributed by atoms with Gasteiger partial charge < -0.3 is 10.1 Å². The molecule has 0 amide bonds. The van der Waals surface area contributed by atoms with Gasteiger partial charge in [-0.3, -0.25) is 0 Å². The predicted molar refractivity (Wildman–Crippen MR) is 108 cm³/mol. The predicted octanol–water partition coefficient (Wildman–Crippen LogP) is 6.07. The lowest BCUT2D eigenvalue weighted by Crippen LogP contribution is -2.29. The van der Waals surface area contributed by atoms with Crippen molar-refractivity contribution in [3.05, 3.63) is 83.9 Å². The lowest BCUT2D eigenvalue weighted by molar-refractivity contribution is 0.337. The summed E-state index contributed by atoms with van der Waals surface area (Å²) in [6.07, 6.45) is 5.84. The average Bonchev–Trinajstić information content (AvgIpc) is 3.18. The molecule has 0 bridgehead atoms. The van der Waals surface area contributed by atoms with E-state index in [1.54, 1.807) is 0 Å². The van der Waals surface area contributed by atoms with E-state index in [1.807, 2.05) is 6.92 Å². The molecule has 1 aliphatic heterocycles. The molecule has 130 valence electrons. The molecule has 0 radical (unpaired) electrons. The molecule has 3 aromatic carbocycles. The van der Waals surface area contributed by atoms with Gasteiger partial charge in [0.05, 0.1) is 18.3 Å². The van der Waals surface area contributed by atoms with Crippen molar-refractivity contribution in [3.8, 4) is 5.75 Å². The van der Waals surface area contributed by atoms with Gasteiger partial charge in [-0.2, -0.15) is 0 Å². The molecule has 3 unspecified atom stereocenters. The number of ether oxygens (including phenoxy) is 1. The highest BCUT2D eigenvalue weighted by atomic mass is 16.5. The van der Waals surface area contributed by atoms with E-state index in [9.17, 15) is 0 Å². The quantitative estimate of drug-likeness (QED) is 0.584. The Morgan fingerprint density at radius 1 is 1.00 bits per heavy atom. The SMILES string of the molecule is CCOc1cccc2c1NC(c1ccc3ccccc3c1)C1CC=CC21. The monoisotopic (exact) mass is 341 g/mol. The third-order valence-electron chi connectivity index (χ3n) is 5.79. The average molecular weight is 341 g/mol. The fourth-order valence-electron chi connectivity index (χ4n) is 4.60. The van der Waals surface area contributed by atoms with Gasteiger partial charge in [0.1, 0.15) is 5.75 Å². The van der Waals surface area contributed by atoms with Crippen LogP contribution in [0.1, 0.15) is 36.4 Å². The Bertz CT molecular complexity index is 990. The van der Waals surface area contributed by atoms with E-state index < -0.39 is 0 Å². The van der Waals surface area contributed by atoms with Crippen molar-refractivity contribution in [2.24, 2.45) is 5.92 Å². The van der Waals surface area contributed by atoms with Crippen molar-refractivity contribution < 1.29 is 4.74 Å². The van der Waals surface area contributed by atoms with Crippen molar-refractivity contribution >= 4 is 16.5 Å². The Labute approximate surface area is 154 Å². The smallest absolute Gasteiger partial charge is 0.142 e. The lowest BCUT2D eigenvalue weighted by atomic mass is 9.76. The first kappa shape index (κ1) is 15.5. The normalized spacial score (nSPS) is 23.3.